The van der Waals surface area contributed by atoms with Crippen LogP contribution in [0.4, 0.5) is 11.4 Å². The van der Waals surface area contributed by atoms with Gasteiger partial charge in [-0.1, -0.05) is 53.7 Å². The zero-order valence-corrected chi connectivity index (χ0v) is 22.2. The van der Waals surface area contributed by atoms with Gasteiger partial charge in [-0.25, -0.2) is 9.50 Å². The molecule has 1 aliphatic heterocycles. The van der Waals surface area contributed by atoms with Crippen LogP contribution in [-0.4, -0.2) is 39.0 Å². The smallest absolute Gasteiger partial charge is 0.228 e. The van der Waals surface area contributed by atoms with E-state index in [0.29, 0.717) is 0 Å². The van der Waals surface area contributed by atoms with Gasteiger partial charge in [0.2, 0.25) is 5.91 Å². The van der Waals surface area contributed by atoms with Crippen molar-refractivity contribution in [1.29, 1.82) is 0 Å². The fourth-order valence-electron chi connectivity index (χ4n) is 5.42. The van der Waals surface area contributed by atoms with Crippen molar-refractivity contribution in [1.82, 2.24) is 19.5 Å². The van der Waals surface area contributed by atoms with Gasteiger partial charge in [0.25, 0.3) is 0 Å². The van der Waals surface area contributed by atoms with Gasteiger partial charge in [-0.15, -0.1) is 0 Å². The van der Waals surface area contributed by atoms with Crippen molar-refractivity contribution in [3.63, 3.8) is 0 Å². The van der Waals surface area contributed by atoms with Gasteiger partial charge in [0.05, 0.1) is 29.3 Å². The SMILES string of the molecule is Cc1cc2ncc3c(n2n1)CCCN3c1ccc([C@H](N(C)C(=O)C(C)(C)C)C(C)(C)C)cc1C. The second kappa shape index (κ2) is 8.40. The van der Waals surface area contributed by atoms with Crippen LogP contribution >= 0.6 is 0 Å². The predicted octanol–water partition coefficient (Wildman–Crippen LogP) is 6.02. The van der Waals surface area contributed by atoms with Crippen molar-refractivity contribution in [2.24, 2.45) is 10.8 Å². The third-order valence-electron chi connectivity index (χ3n) is 6.77. The lowest BCUT2D eigenvalue weighted by molar-refractivity contribution is -0.142. The molecule has 1 amide bonds. The molecule has 0 radical (unpaired) electrons. The van der Waals surface area contributed by atoms with Gasteiger partial charge >= 0.3 is 0 Å². The number of carbonyl (C=O) groups excluding carboxylic acids is 1. The Morgan fingerprint density at radius 2 is 1.76 bits per heavy atom. The van der Waals surface area contributed by atoms with Crippen molar-refractivity contribution in [2.45, 2.75) is 74.3 Å². The fourth-order valence-corrected chi connectivity index (χ4v) is 5.42. The number of benzene rings is 1. The van der Waals surface area contributed by atoms with Gasteiger partial charge in [-0.3, -0.25) is 4.79 Å². The Bertz CT molecular complexity index is 1230. The number of fused-ring (bicyclic) bond motifs is 3. The van der Waals surface area contributed by atoms with Gasteiger partial charge < -0.3 is 9.80 Å². The van der Waals surface area contributed by atoms with Crippen molar-refractivity contribution in [3.05, 3.63) is 53.0 Å². The molecule has 0 saturated heterocycles. The summed E-state index contributed by atoms with van der Waals surface area (Å²) in [6.45, 7) is 17.7. The van der Waals surface area contributed by atoms with Crippen LogP contribution in [0.1, 0.15) is 76.5 Å². The third kappa shape index (κ3) is 4.30. The van der Waals surface area contributed by atoms with E-state index in [2.05, 4.69) is 60.9 Å². The van der Waals surface area contributed by atoms with Crippen LogP contribution in [0.25, 0.3) is 5.65 Å². The van der Waals surface area contributed by atoms with Gasteiger partial charge in [-0.05, 0) is 49.3 Å². The molecule has 0 unspecified atom stereocenters. The fraction of sp³-hybridized carbons (Fsp3) is 0.536. The molecule has 1 aliphatic rings. The first-order valence-corrected chi connectivity index (χ1v) is 12.3. The lowest BCUT2D eigenvalue weighted by Crippen LogP contribution is -2.43. The second-order valence-electron chi connectivity index (χ2n) is 11.9. The van der Waals surface area contributed by atoms with E-state index in [9.17, 15) is 4.79 Å². The topological polar surface area (TPSA) is 53.7 Å². The monoisotopic (exact) mass is 461 g/mol. The number of aromatic nitrogens is 3. The summed E-state index contributed by atoms with van der Waals surface area (Å²) in [5.41, 5.74) is 7.27. The summed E-state index contributed by atoms with van der Waals surface area (Å²) in [6, 6.07) is 8.68. The highest BCUT2D eigenvalue weighted by molar-refractivity contribution is 5.82. The van der Waals surface area contributed by atoms with Crippen LogP contribution in [0.5, 0.6) is 0 Å². The average molecular weight is 462 g/mol. The molecular formula is C28H39N5O. The Morgan fingerprint density at radius 3 is 2.38 bits per heavy atom. The first-order chi connectivity index (χ1) is 15.8. The van der Waals surface area contributed by atoms with E-state index in [1.807, 2.05) is 56.4 Å². The molecule has 0 bridgehead atoms. The van der Waals surface area contributed by atoms with E-state index < -0.39 is 5.41 Å². The lowest BCUT2D eigenvalue weighted by Gasteiger charge is -2.41. The number of nitrogens with zero attached hydrogens (tertiary/aromatic N) is 5. The van der Waals surface area contributed by atoms with Crippen LogP contribution in [-0.2, 0) is 11.2 Å². The summed E-state index contributed by atoms with van der Waals surface area (Å²) < 4.78 is 2.00. The van der Waals surface area contributed by atoms with Crippen LogP contribution in [0.2, 0.25) is 0 Å². The maximum absolute atomic E-state index is 13.2. The molecular weight excluding hydrogens is 422 g/mol. The molecule has 3 heterocycles. The van der Waals surface area contributed by atoms with Crippen LogP contribution < -0.4 is 4.90 Å². The molecule has 1 atom stereocenters. The van der Waals surface area contributed by atoms with Gasteiger partial charge in [-0.2, -0.15) is 5.10 Å². The minimum atomic E-state index is -0.423. The number of aryl methyl sites for hydroxylation is 3. The van der Waals surface area contributed by atoms with E-state index in [-0.39, 0.29) is 17.4 Å². The van der Waals surface area contributed by atoms with Gasteiger partial charge in [0, 0.05) is 30.8 Å². The summed E-state index contributed by atoms with van der Waals surface area (Å²) in [7, 11) is 1.94. The number of hydrogen-bond donors (Lipinski definition) is 0. The Labute approximate surface area is 204 Å². The Kier molecular flexibility index (Phi) is 5.99. The summed E-state index contributed by atoms with van der Waals surface area (Å²) in [4.78, 5) is 22.2. The van der Waals surface area contributed by atoms with Crippen molar-refractivity contribution >= 4 is 22.9 Å². The first kappa shape index (κ1) is 24.2. The molecule has 0 saturated carbocycles. The maximum Gasteiger partial charge on any atom is 0.228 e. The number of rotatable bonds is 3. The highest BCUT2D eigenvalue weighted by Crippen LogP contribution is 2.42. The van der Waals surface area contributed by atoms with Crippen molar-refractivity contribution < 1.29 is 4.79 Å². The normalized spacial score (nSPS) is 15.4. The average Bonchev–Trinajstić information content (AvgIpc) is 3.12. The summed E-state index contributed by atoms with van der Waals surface area (Å²) >= 11 is 0. The van der Waals surface area contributed by atoms with Crippen molar-refractivity contribution in [2.75, 3.05) is 18.5 Å². The molecule has 3 aromatic rings. The lowest BCUT2D eigenvalue weighted by atomic mass is 9.79. The largest absolute Gasteiger partial charge is 0.339 e. The molecule has 0 aliphatic carbocycles. The predicted molar refractivity (Wildman–Crippen MR) is 139 cm³/mol. The van der Waals surface area contributed by atoms with Gasteiger partial charge in [0.1, 0.15) is 0 Å². The number of amides is 1. The maximum atomic E-state index is 13.2. The summed E-state index contributed by atoms with van der Waals surface area (Å²) in [6.07, 6.45) is 4.06. The minimum Gasteiger partial charge on any atom is -0.339 e. The quantitative estimate of drug-likeness (QED) is 0.478. The molecule has 6 heteroatoms. The molecule has 0 fully saturated rings. The molecule has 1 aromatic carbocycles. The summed E-state index contributed by atoms with van der Waals surface area (Å²) in [5, 5.41) is 4.69. The number of anilines is 2. The van der Waals surface area contributed by atoms with E-state index in [4.69, 9.17) is 0 Å². The highest BCUT2D eigenvalue weighted by Gasteiger charge is 2.37. The highest BCUT2D eigenvalue weighted by atomic mass is 16.2. The molecule has 6 nitrogen and oxygen atoms in total. The van der Waals surface area contributed by atoms with E-state index in [0.717, 1.165) is 36.4 Å². The van der Waals surface area contributed by atoms with E-state index >= 15 is 0 Å². The van der Waals surface area contributed by atoms with Gasteiger partial charge in [0.15, 0.2) is 5.65 Å². The third-order valence-corrected chi connectivity index (χ3v) is 6.77. The standard InChI is InChI=1S/C28H39N5O/c1-18-15-20(25(27(3,4)5)31(9)26(34)28(6,7)8)12-13-21(18)32-14-10-11-22-23(32)17-29-24-16-19(2)30-33(22)24/h12-13,15-17,25H,10-11,14H2,1-9H3/t25-/m0/s1. The minimum absolute atomic E-state index is 0.0195. The van der Waals surface area contributed by atoms with Crippen LogP contribution in [0.15, 0.2) is 30.5 Å². The van der Waals surface area contributed by atoms with E-state index in [1.165, 1.54) is 22.5 Å². The zero-order chi connectivity index (χ0) is 25.0. The van der Waals surface area contributed by atoms with Crippen molar-refractivity contribution in [3.8, 4) is 0 Å². The van der Waals surface area contributed by atoms with Crippen LogP contribution in [0.3, 0.4) is 0 Å². The number of hydrogen-bond acceptors (Lipinski definition) is 4. The second-order valence-corrected chi connectivity index (χ2v) is 11.9. The Morgan fingerprint density at radius 1 is 1.06 bits per heavy atom. The molecule has 34 heavy (non-hydrogen) atoms. The Hall–Kier alpha value is -2.89. The van der Waals surface area contributed by atoms with Crippen LogP contribution in [0, 0.1) is 24.7 Å². The first-order valence-electron chi connectivity index (χ1n) is 12.3. The molecule has 2 aromatic heterocycles. The molecule has 0 N–H and O–H groups in total. The molecule has 0 spiro atoms. The molecule has 4 rings (SSSR count). The Balaban J connectivity index is 1.74. The number of carbonyl (C=O) groups is 1. The van der Waals surface area contributed by atoms with E-state index in [1.54, 1.807) is 0 Å². The molecule has 182 valence electrons. The zero-order valence-electron chi connectivity index (χ0n) is 22.2. The summed E-state index contributed by atoms with van der Waals surface area (Å²) in [5.74, 6) is 0.156.